The van der Waals surface area contributed by atoms with Crippen LogP contribution >= 0.6 is 10.0 Å². The van der Waals surface area contributed by atoms with E-state index in [9.17, 15) is 0 Å². The van der Waals surface area contributed by atoms with Crippen LogP contribution in [0.15, 0.2) is 196 Å². The van der Waals surface area contributed by atoms with Gasteiger partial charge in [-0.25, -0.2) is 4.98 Å². The fourth-order valence-corrected chi connectivity index (χ4v) is 14.0. The average molecular weight is 754 g/mol. The van der Waals surface area contributed by atoms with E-state index in [4.69, 9.17) is 25.4 Å². The molecule has 1 aliphatic heterocycles. The fourth-order valence-electron chi connectivity index (χ4n) is 9.95. The number of nitrogens with zero attached hydrogens (tertiary/aromatic N) is 3. The highest BCUT2D eigenvalue weighted by molar-refractivity contribution is 8.34. The minimum Gasteiger partial charge on any atom is -0.456 e. The summed E-state index contributed by atoms with van der Waals surface area (Å²) < 4.78 is 11.8. The summed E-state index contributed by atoms with van der Waals surface area (Å²) in [6.45, 7) is 8.39. The number of benzene rings is 7. The van der Waals surface area contributed by atoms with Crippen LogP contribution in [0.25, 0.3) is 33.5 Å². The second-order valence-corrected chi connectivity index (χ2v) is 19.3. The van der Waals surface area contributed by atoms with E-state index in [0.29, 0.717) is 0 Å². The zero-order valence-electron chi connectivity index (χ0n) is 32.6. The number of rotatable bonds is 7. The Morgan fingerprint density at radius 2 is 1.09 bits per heavy atom. The number of ether oxygens (including phenoxy) is 1. The molecule has 0 unspecified atom stereocenters. The van der Waals surface area contributed by atoms with Crippen LogP contribution in [0.5, 0.6) is 11.5 Å². The van der Waals surface area contributed by atoms with Gasteiger partial charge in [-0.1, -0.05) is 135 Å². The predicted octanol–water partition coefficient (Wildman–Crippen LogP) is 12.9. The number of hydrogen-bond donors (Lipinski definition) is 0. The quantitative estimate of drug-likeness (QED) is 0.152. The van der Waals surface area contributed by atoms with Crippen LogP contribution in [0.4, 0.5) is 0 Å². The van der Waals surface area contributed by atoms with Crippen molar-refractivity contribution in [2.75, 3.05) is 0 Å². The number of hydrogen-bond acceptors (Lipinski definition) is 2. The van der Waals surface area contributed by atoms with Crippen LogP contribution < -0.4 is 4.74 Å². The first kappa shape index (κ1) is 35.5. The first-order valence-corrected chi connectivity index (χ1v) is 21.1. The fraction of sp³-hybridized carbons (Fsp3) is 0.140. The lowest BCUT2D eigenvalue weighted by Crippen LogP contribution is -2.49. The smallest absolute Gasteiger partial charge is 0.220 e. The van der Waals surface area contributed by atoms with Crippen molar-refractivity contribution < 1.29 is 4.74 Å². The molecule has 2 aromatic heterocycles. The number of aromatic nitrogens is 3. The molecule has 0 amide bonds. The highest BCUT2D eigenvalue weighted by atomic mass is 32.3. The van der Waals surface area contributed by atoms with Crippen molar-refractivity contribution in [3.05, 3.63) is 187 Å². The van der Waals surface area contributed by atoms with Gasteiger partial charge in [-0.15, -0.1) is 10.0 Å². The van der Waals surface area contributed by atoms with Gasteiger partial charge in [0.25, 0.3) is 0 Å². The molecule has 57 heavy (non-hydrogen) atoms. The van der Waals surface area contributed by atoms with Crippen LogP contribution in [0, 0.1) is 0 Å². The lowest BCUT2D eigenvalue weighted by Gasteiger charge is -2.58. The zero-order valence-corrected chi connectivity index (χ0v) is 33.4. The Labute approximate surface area is 338 Å². The van der Waals surface area contributed by atoms with E-state index < -0.39 is 26.1 Å². The molecule has 0 saturated carbocycles. The van der Waals surface area contributed by atoms with Gasteiger partial charge in [-0.3, -0.25) is 8.97 Å². The topological polar surface area (TPSA) is 31.5 Å². The molecule has 0 N–H and O–H groups in total. The molecule has 7 heteroatoms. The third-order valence-electron chi connectivity index (χ3n) is 11.9. The summed E-state index contributed by atoms with van der Waals surface area (Å²) in [5, 5.41) is -1.57. The van der Waals surface area contributed by atoms with E-state index >= 15 is 0 Å². The molecule has 3 heterocycles. The molecular weight excluding hydrogens is 712 g/mol. The molecule has 7 aromatic carbocycles. The summed E-state index contributed by atoms with van der Waals surface area (Å²) in [6.07, 6.45) is 0. The molecule has 1 aliphatic rings. The van der Waals surface area contributed by atoms with Gasteiger partial charge in [0.05, 0.1) is 43.4 Å². The summed E-state index contributed by atoms with van der Waals surface area (Å²) in [5.74, 6) is 2.44. The predicted molar refractivity (Wildman–Crippen MR) is 236 cm³/mol. The minimum atomic E-state index is -2.29. The lowest BCUT2D eigenvalue weighted by atomic mass is 9.37. The van der Waals surface area contributed by atoms with Crippen molar-refractivity contribution in [2.24, 2.45) is 0 Å². The summed E-state index contributed by atoms with van der Waals surface area (Å²) >= 11 is 0. The van der Waals surface area contributed by atoms with Crippen LogP contribution in [-0.4, -0.2) is 29.6 Å². The molecule has 274 valence electrons. The van der Waals surface area contributed by atoms with Gasteiger partial charge in [-0.2, -0.15) is 0 Å². The van der Waals surface area contributed by atoms with Gasteiger partial charge >= 0.3 is 0 Å². The van der Waals surface area contributed by atoms with Gasteiger partial charge in [-0.05, 0) is 78.9 Å². The Kier molecular flexibility index (Phi) is 7.98. The maximum Gasteiger partial charge on any atom is 0.220 e. The molecular formula is C50H41B2N3OS. The van der Waals surface area contributed by atoms with Crippen LogP contribution in [-0.2, 0) is 5.41 Å². The van der Waals surface area contributed by atoms with Crippen molar-refractivity contribution in [1.29, 1.82) is 0 Å². The molecule has 4 radical (unpaired) electrons. The Hall–Kier alpha value is -5.91. The molecule has 0 atom stereocenters. The van der Waals surface area contributed by atoms with E-state index in [0.717, 1.165) is 65.9 Å². The van der Waals surface area contributed by atoms with E-state index in [1.165, 1.54) is 9.79 Å². The SMILES string of the molecule is [B]C(C)(C)C1(C([B])(C)C)c2ccccc2Oc2c1cccc2S(c1ccccc1)(c1ccccc1)c1cccc(-n2c3ccccc3n3c4ccccc4nc23)c1. The standard InChI is InChI=1S/C50H41B2N3OS/c1-48(2,51)50(49(3,4)52)38-25-11-16-31-44(38)56-46-39(50)26-18-32-45(46)57(35-20-7-5-8-21-35,36-22-9-6-10-23-36)37-24-17-19-34(33-37)54-42-29-14-15-30-43(42)55-41-28-13-12-27-40(41)53-47(54)55/h5-33H,1-4H3. The second kappa shape index (κ2) is 12.8. The Morgan fingerprint density at radius 3 is 1.77 bits per heavy atom. The van der Waals surface area contributed by atoms with Crippen LogP contribution in [0.1, 0.15) is 38.8 Å². The molecule has 0 fully saturated rings. The van der Waals surface area contributed by atoms with E-state index in [1.807, 2.05) is 12.1 Å². The van der Waals surface area contributed by atoms with Crippen LogP contribution in [0.3, 0.4) is 0 Å². The molecule has 9 aromatic rings. The summed E-state index contributed by atoms with van der Waals surface area (Å²) in [6, 6.07) is 62.7. The first-order valence-electron chi connectivity index (χ1n) is 19.5. The van der Waals surface area contributed by atoms with Crippen molar-refractivity contribution >= 4 is 53.6 Å². The Morgan fingerprint density at radius 1 is 0.544 bits per heavy atom. The largest absolute Gasteiger partial charge is 0.456 e. The first-order chi connectivity index (χ1) is 27.6. The Bertz CT molecular complexity index is 2920. The maximum atomic E-state index is 7.41. The van der Waals surface area contributed by atoms with Gasteiger partial charge in [0.1, 0.15) is 11.5 Å². The van der Waals surface area contributed by atoms with Crippen molar-refractivity contribution in [1.82, 2.24) is 14.0 Å². The second-order valence-electron chi connectivity index (χ2n) is 16.2. The third-order valence-corrected chi connectivity index (χ3v) is 15.8. The third kappa shape index (κ3) is 4.94. The van der Waals surface area contributed by atoms with E-state index in [2.05, 4.69) is 200 Å². The molecule has 0 aliphatic carbocycles. The minimum absolute atomic E-state index is 0.769. The molecule has 0 saturated heterocycles. The monoisotopic (exact) mass is 753 g/mol. The maximum absolute atomic E-state index is 7.41. The molecule has 0 bridgehead atoms. The van der Waals surface area contributed by atoms with Crippen LogP contribution in [0.2, 0.25) is 10.6 Å². The summed E-state index contributed by atoms with van der Waals surface area (Å²) in [7, 11) is 12.5. The van der Waals surface area contributed by atoms with Crippen molar-refractivity contribution in [3.63, 3.8) is 0 Å². The van der Waals surface area contributed by atoms with Crippen molar-refractivity contribution in [3.8, 4) is 17.2 Å². The molecule has 0 spiro atoms. The average Bonchev–Trinajstić information content (AvgIpc) is 3.75. The van der Waals surface area contributed by atoms with E-state index in [1.54, 1.807) is 0 Å². The Balaban J connectivity index is 1.34. The number of para-hydroxylation sites is 6. The number of fused-ring (bicyclic) bond motifs is 7. The summed E-state index contributed by atoms with van der Waals surface area (Å²) in [4.78, 5) is 9.83. The summed E-state index contributed by atoms with van der Waals surface area (Å²) in [5.41, 5.74) is 6.40. The van der Waals surface area contributed by atoms with Gasteiger partial charge in [0, 0.05) is 36.1 Å². The highest BCUT2D eigenvalue weighted by Crippen LogP contribution is 2.78. The normalized spacial score (nSPS) is 14.3. The van der Waals surface area contributed by atoms with Crippen molar-refractivity contribution in [2.45, 2.75) is 63.3 Å². The van der Waals surface area contributed by atoms with E-state index in [-0.39, 0.29) is 0 Å². The number of imidazole rings is 2. The zero-order chi connectivity index (χ0) is 39.2. The van der Waals surface area contributed by atoms with Gasteiger partial charge in [0.2, 0.25) is 5.78 Å². The highest BCUT2D eigenvalue weighted by Gasteiger charge is 2.57. The molecule has 4 nitrogen and oxygen atoms in total. The lowest BCUT2D eigenvalue weighted by molar-refractivity contribution is 0.267. The van der Waals surface area contributed by atoms with Gasteiger partial charge < -0.3 is 4.74 Å². The molecule has 10 rings (SSSR count). The van der Waals surface area contributed by atoms with Gasteiger partial charge in [0.15, 0.2) is 0 Å².